The molecule has 7 heteroatoms. The number of benzene rings is 1. The molecule has 3 atom stereocenters. The molecule has 146 valence electrons. The minimum atomic E-state index is -1.31. The van der Waals surface area contributed by atoms with E-state index >= 15 is 0 Å². The Labute approximate surface area is 161 Å². The molecule has 0 aliphatic heterocycles. The molecule has 0 radical (unpaired) electrons. The van der Waals surface area contributed by atoms with Gasteiger partial charge in [-0.05, 0) is 37.2 Å². The summed E-state index contributed by atoms with van der Waals surface area (Å²) in [5, 5.41) is 16.0. The Morgan fingerprint density at radius 1 is 1.19 bits per heavy atom. The molecule has 5 N–H and O–H groups in total. The van der Waals surface area contributed by atoms with Crippen LogP contribution in [0.1, 0.15) is 38.7 Å². The second-order valence-corrected chi connectivity index (χ2v) is 7.27. The molecule has 1 saturated carbocycles. The monoisotopic (exact) mass is 383 g/mol. The fraction of sp³-hybridized carbons (Fsp3) is 0.579. The summed E-state index contributed by atoms with van der Waals surface area (Å²) >= 11 is 0. The molecule has 26 heavy (non-hydrogen) atoms. The number of nitrogens with two attached hydrogens (primary N) is 1. The fourth-order valence-electron chi connectivity index (χ4n) is 2.71. The van der Waals surface area contributed by atoms with Crippen molar-refractivity contribution in [2.75, 3.05) is 0 Å². The summed E-state index contributed by atoms with van der Waals surface area (Å²) < 4.78 is 0. The fourth-order valence-corrected chi connectivity index (χ4v) is 2.71. The zero-order valence-corrected chi connectivity index (χ0v) is 16.2. The van der Waals surface area contributed by atoms with Crippen molar-refractivity contribution < 1.29 is 14.7 Å². The van der Waals surface area contributed by atoms with E-state index in [0.29, 0.717) is 12.8 Å². The minimum absolute atomic E-state index is 0. The van der Waals surface area contributed by atoms with Crippen LogP contribution in [0, 0.1) is 5.92 Å². The van der Waals surface area contributed by atoms with Crippen molar-refractivity contribution in [2.24, 2.45) is 11.7 Å². The van der Waals surface area contributed by atoms with Crippen LogP contribution in [0.3, 0.4) is 0 Å². The molecule has 0 bridgehead atoms. The number of amides is 2. The van der Waals surface area contributed by atoms with Crippen LogP contribution in [-0.2, 0) is 16.0 Å². The Balaban J connectivity index is 0.00000338. The highest BCUT2D eigenvalue weighted by atomic mass is 35.5. The highest BCUT2D eigenvalue weighted by Gasteiger charge is 2.32. The van der Waals surface area contributed by atoms with Gasteiger partial charge in [0, 0.05) is 6.04 Å². The van der Waals surface area contributed by atoms with E-state index in [1.807, 2.05) is 44.2 Å². The van der Waals surface area contributed by atoms with Gasteiger partial charge in [-0.2, -0.15) is 0 Å². The van der Waals surface area contributed by atoms with Gasteiger partial charge in [-0.1, -0.05) is 44.2 Å². The van der Waals surface area contributed by atoms with Gasteiger partial charge >= 0.3 is 0 Å². The Kier molecular flexibility index (Phi) is 9.05. The number of nitrogens with one attached hydrogen (secondary N) is 2. The van der Waals surface area contributed by atoms with Crippen molar-refractivity contribution in [2.45, 2.75) is 63.8 Å². The lowest BCUT2D eigenvalue weighted by atomic mass is 9.98. The first-order chi connectivity index (χ1) is 11.9. The number of carbonyl (C=O) groups is 2. The molecule has 0 aromatic heterocycles. The van der Waals surface area contributed by atoms with Gasteiger partial charge in [0.25, 0.3) is 5.91 Å². The second-order valence-electron chi connectivity index (χ2n) is 7.27. The number of rotatable bonds is 9. The van der Waals surface area contributed by atoms with Gasteiger partial charge in [0.2, 0.25) is 5.91 Å². The van der Waals surface area contributed by atoms with E-state index in [-0.39, 0.29) is 30.3 Å². The van der Waals surface area contributed by atoms with E-state index in [2.05, 4.69) is 10.6 Å². The summed E-state index contributed by atoms with van der Waals surface area (Å²) in [5.74, 6) is -0.495. The molecule has 0 saturated heterocycles. The van der Waals surface area contributed by atoms with Gasteiger partial charge < -0.3 is 21.5 Å². The molecular formula is C19H30ClN3O3. The standard InChI is InChI=1S/C19H29N3O3.ClH/c1-12(2)10-15(20)18(24)22-16(11-13-6-4-3-5-7-13)17(23)19(25)21-14-8-9-14;/h3-7,12,14-17,23H,8-11,20H2,1-2H3,(H,21,25)(H,22,24);1H. The highest BCUT2D eigenvalue weighted by Crippen LogP contribution is 2.19. The molecule has 1 aromatic rings. The van der Waals surface area contributed by atoms with Crippen molar-refractivity contribution in [1.82, 2.24) is 10.6 Å². The van der Waals surface area contributed by atoms with Crippen molar-refractivity contribution >= 4 is 24.2 Å². The maximum absolute atomic E-state index is 12.4. The zero-order chi connectivity index (χ0) is 18.4. The van der Waals surface area contributed by atoms with Gasteiger partial charge in [-0.3, -0.25) is 9.59 Å². The Morgan fingerprint density at radius 2 is 1.81 bits per heavy atom. The Hall–Kier alpha value is -1.63. The molecular weight excluding hydrogens is 354 g/mol. The third kappa shape index (κ3) is 7.32. The quantitative estimate of drug-likeness (QED) is 0.513. The van der Waals surface area contributed by atoms with Crippen molar-refractivity contribution in [1.29, 1.82) is 0 Å². The van der Waals surface area contributed by atoms with Gasteiger partial charge in [0.1, 0.15) is 0 Å². The smallest absolute Gasteiger partial charge is 0.251 e. The SMILES string of the molecule is CC(C)CC(N)C(=O)NC(Cc1ccccc1)C(O)C(=O)NC1CC1.Cl. The predicted molar refractivity (Wildman–Crippen MR) is 104 cm³/mol. The molecule has 1 fully saturated rings. The van der Waals surface area contributed by atoms with E-state index in [4.69, 9.17) is 5.73 Å². The summed E-state index contributed by atoms with van der Waals surface area (Å²) in [6, 6.07) is 8.25. The van der Waals surface area contributed by atoms with Gasteiger partial charge in [-0.15, -0.1) is 12.4 Å². The molecule has 3 unspecified atom stereocenters. The van der Waals surface area contributed by atoms with Crippen LogP contribution >= 0.6 is 12.4 Å². The maximum atomic E-state index is 12.4. The van der Waals surface area contributed by atoms with Crippen molar-refractivity contribution in [3.8, 4) is 0 Å². The normalized spacial score (nSPS) is 17.0. The van der Waals surface area contributed by atoms with Crippen LogP contribution in [0.15, 0.2) is 30.3 Å². The lowest BCUT2D eigenvalue weighted by molar-refractivity contribution is -0.132. The van der Waals surface area contributed by atoms with E-state index in [9.17, 15) is 14.7 Å². The van der Waals surface area contributed by atoms with Crippen LogP contribution in [-0.4, -0.2) is 41.2 Å². The van der Waals surface area contributed by atoms with Gasteiger partial charge in [0.15, 0.2) is 6.10 Å². The largest absolute Gasteiger partial charge is 0.381 e. The molecule has 0 spiro atoms. The topological polar surface area (TPSA) is 104 Å². The average molecular weight is 384 g/mol. The maximum Gasteiger partial charge on any atom is 0.251 e. The summed E-state index contributed by atoms with van der Waals surface area (Å²) in [6.45, 7) is 3.99. The van der Waals surface area contributed by atoms with Crippen molar-refractivity contribution in [3.63, 3.8) is 0 Å². The third-order valence-electron chi connectivity index (χ3n) is 4.26. The summed E-state index contributed by atoms with van der Waals surface area (Å²) in [4.78, 5) is 24.6. The van der Waals surface area contributed by atoms with Crippen molar-refractivity contribution in [3.05, 3.63) is 35.9 Å². The number of aliphatic hydroxyl groups excluding tert-OH is 1. The van der Waals surface area contributed by atoms with E-state index < -0.39 is 24.1 Å². The number of hydrogen-bond acceptors (Lipinski definition) is 4. The van der Waals surface area contributed by atoms with E-state index in [0.717, 1.165) is 18.4 Å². The molecule has 1 aliphatic rings. The first-order valence-corrected chi connectivity index (χ1v) is 8.95. The summed E-state index contributed by atoms with van der Waals surface area (Å²) in [6.07, 6.45) is 1.48. The number of carbonyl (C=O) groups excluding carboxylic acids is 2. The van der Waals surface area contributed by atoms with Crippen LogP contribution in [0.4, 0.5) is 0 Å². The molecule has 1 aliphatic carbocycles. The van der Waals surface area contributed by atoms with Crippen LogP contribution in [0.5, 0.6) is 0 Å². The van der Waals surface area contributed by atoms with Crippen LogP contribution < -0.4 is 16.4 Å². The third-order valence-corrected chi connectivity index (χ3v) is 4.26. The predicted octanol–water partition coefficient (Wildman–Crippen LogP) is 1.15. The van der Waals surface area contributed by atoms with Crippen LogP contribution in [0.25, 0.3) is 0 Å². The molecule has 0 heterocycles. The Bertz CT molecular complexity index is 579. The van der Waals surface area contributed by atoms with Gasteiger partial charge in [0.05, 0.1) is 12.1 Å². The number of hydrogen-bond donors (Lipinski definition) is 4. The molecule has 1 aromatic carbocycles. The number of aliphatic hydroxyl groups is 1. The zero-order valence-electron chi connectivity index (χ0n) is 15.4. The summed E-state index contributed by atoms with van der Waals surface area (Å²) in [7, 11) is 0. The van der Waals surface area contributed by atoms with E-state index in [1.165, 1.54) is 0 Å². The first-order valence-electron chi connectivity index (χ1n) is 8.95. The van der Waals surface area contributed by atoms with Crippen LogP contribution in [0.2, 0.25) is 0 Å². The highest BCUT2D eigenvalue weighted by molar-refractivity contribution is 5.85. The van der Waals surface area contributed by atoms with E-state index in [1.54, 1.807) is 0 Å². The number of halogens is 1. The first kappa shape index (κ1) is 22.4. The second kappa shape index (κ2) is 10.5. The average Bonchev–Trinajstić information content (AvgIpc) is 3.37. The summed E-state index contributed by atoms with van der Waals surface area (Å²) in [5.41, 5.74) is 6.87. The molecule has 6 nitrogen and oxygen atoms in total. The molecule has 2 rings (SSSR count). The lowest BCUT2D eigenvalue weighted by Crippen LogP contribution is -2.55. The molecule has 2 amide bonds. The van der Waals surface area contributed by atoms with Gasteiger partial charge in [-0.25, -0.2) is 0 Å². The minimum Gasteiger partial charge on any atom is -0.381 e. The lowest BCUT2D eigenvalue weighted by Gasteiger charge is -2.25. The Morgan fingerprint density at radius 3 is 2.35 bits per heavy atom.